The molecule has 5 nitrogen and oxygen atoms in total. The van der Waals surface area contributed by atoms with Crippen molar-refractivity contribution in [2.24, 2.45) is 0 Å². The van der Waals surface area contributed by atoms with Crippen LogP contribution in [0, 0.1) is 11.3 Å². The van der Waals surface area contributed by atoms with Crippen molar-refractivity contribution in [3.63, 3.8) is 0 Å². The van der Waals surface area contributed by atoms with E-state index in [1.165, 1.54) is 0 Å². The third kappa shape index (κ3) is 2.52. The van der Waals surface area contributed by atoms with Crippen LogP contribution in [0.5, 0.6) is 5.75 Å². The van der Waals surface area contributed by atoms with Crippen LogP contribution in [-0.2, 0) is 6.61 Å². The molecule has 0 unspecified atom stereocenters. The maximum Gasteiger partial charge on any atom is 0.573 e. The van der Waals surface area contributed by atoms with Crippen LogP contribution in [-0.4, -0.2) is 16.5 Å². The Morgan fingerprint density at radius 1 is 1.56 bits per heavy atom. The second-order valence-electron chi connectivity index (χ2n) is 2.68. The fourth-order valence-corrected chi connectivity index (χ4v) is 1.01. The highest BCUT2D eigenvalue weighted by Crippen LogP contribution is 2.31. The van der Waals surface area contributed by atoms with E-state index < -0.39 is 24.4 Å². The minimum atomic E-state index is -4.91. The lowest BCUT2D eigenvalue weighted by Crippen LogP contribution is -2.19. The summed E-state index contributed by atoms with van der Waals surface area (Å²) in [4.78, 5) is 3.39. The third-order valence-corrected chi connectivity index (χ3v) is 1.68. The van der Waals surface area contributed by atoms with Gasteiger partial charge in [-0.25, -0.2) is 4.98 Å². The molecule has 0 bridgehead atoms. The number of ether oxygens (including phenoxy) is 1. The van der Waals surface area contributed by atoms with Crippen molar-refractivity contribution >= 4 is 5.69 Å². The summed E-state index contributed by atoms with van der Waals surface area (Å²) in [5.74, 6) is -0.740. The van der Waals surface area contributed by atoms with Crippen molar-refractivity contribution < 1.29 is 23.0 Å². The maximum atomic E-state index is 11.9. The molecule has 0 amide bonds. The molecular formula is C8H6F3N3O2. The summed E-state index contributed by atoms with van der Waals surface area (Å²) < 4.78 is 39.3. The molecule has 16 heavy (non-hydrogen) atoms. The highest BCUT2D eigenvalue weighted by molar-refractivity contribution is 5.60. The zero-order valence-corrected chi connectivity index (χ0v) is 7.75. The van der Waals surface area contributed by atoms with E-state index >= 15 is 0 Å². The Bertz CT molecular complexity index is 439. The SMILES string of the molecule is N#Cc1ncc(OC(F)(F)F)c(N)c1CO. The first-order chi connectivity index (χ1) is 7.39. The Balaban J connectivity index is 3.20. The first kappa shape index (κ1) is 12.1. The van der Waals surface area contributed by atoms with Gasteiger partial charge in [-0.1, -0.05) is 0 Å². The Labute approximate surface area is 87.9 Å². The molecule has 0 spiro atoms. The van der Waals surface area contributed by atoms with E-state index in [1.54, 1.807) is 6.07 Å². The molecule has 0 saturated carbocycles. The second kappa shape index (κ2) is 4.24. The summed E-state index contributed by atoms with van der Waals surface area (Å²) in [6.07, 6.45) is -4.22. The van der Waals surface area contributed by atoms with Crippen LogP contribution in [0.4, 0.5) is 18.9 Å². The molecule has 86 valence electrons. The number of hydrogen-bond acceptors (Lipinski definition) is 5. The summed E-state index contributed by atoms with van der Waals surface area (Å²) in [5.41, 5.74) is 4.42. The number of aliphatic hydroxyl groups is 1. The van der Waals surface area contributed by atoms with Gasteiger partial charge in [0, 0.05) is 5.56 Å². The molecule has 1 aromatic rings. The fraction of sp³-hybridized carbons (Fsp3) is 0.250. The van der Waals surface area contributed by atoms with Gasteiger partial charge in [0.2, 0.25) is 0 Å². The van der Waals surface area contributed by atoms with Gasteiger partial charge >= 0.3 is 6.36 Å². The standard InChI is InChI=1S/C8H6F3N3O2/c9-8(10,11)16-6-2-14-5(1-12)4(3-15)7(6)13/h2,15H,3H2,(H2,13,14). The van der Waals surface area contributed by atoms with E-state index in [1.807, 2.05) is 0 Å². The van der Waals surface area contributed by atoms with Crippen molar-refractivity contribution in [1.29, 1.82) is 5.26 Å². The molecule has 0 aliphatic carbocycles. The predicted molar refractivity (Wildman–Crippen MR) is 46.0 cm³/mol. The quantitative estimate of drug-likeness (QED) is 0.792. The molecule has 8 heteroatoms. The molecule has 0 aliphatic rings. The number of alkyl halides is 3. The number of rotatable bonds is 2. The predicted octanol–water partition coefficient (Wildman–Crippen LogP) is 0.926. The van der Waals surface area contributed by atoms with Gasteiger partial charge in [-0.2, -0.15) is 5.26 Å². The summed E-state index contributed by atoms with van der Waals surface area (Å²) in [7, 11) is 0. The zero-order valence-electron chi connectivity index (χ0n) is 7.75. The van der Waals surface area contributed by atoms with Crippen molar-refractivity contribution in [1.82, 2.24) is 4.98 Å². The molecular weight excluding hydrogens is 227 g/mol. The lowest BCUT2D eigenvalue weighted by Gasteiger charge is -2.12. The van der Waals surface area contributed by atoms with E-state index in [4.69, 9.17) is 16.1 Å². The van der Waals surface area contributed by atoms with Crippen molar-refractivity contribution in [3.8, 4) is 11.8 Å². The highest BCUT2D eigenvalue weighted by Gasteiger charge is 2.32. The summed E-state index contributed by atoms with van der Waals surface area (Å²) >= 11 is 0. The van der Waals surface area contributed by atoms with Crippen LogP contribution < -0.4 is 10.5 Å². The molecule has 0 radical (unpaired) electrons. The monoisotopic (exact) mass is 233 g/mol. The molecule has 1 aromatic heterocycles. The molecule has 1 rings (SSSR count). The average Bonchev–Trinajstić information content (AvgIpc) is 2.19. The second-order valence-corrected chi connectivity index (χ2v) is 2.68. The van der Waals surface area contributed by atoms with E-state index in [9.17, 15) is 13.2 Å². The average molecular weight is 233 g/mol. The van der Waals surface area contributed by atoms with E-state index in [0.29, 0.717) is 6.20 Å². The van der Waals surface area contributed by atoms with E-state index in [0.717, 1.165) is 0 Å². The van der Waals surface area contributed by atoms with Crippen LogP contribution in [0.25, 0.3) is 0 Å². The summed E-state index contributed by atoms with van der Waals surface area (Å²) in [5, 5.41) is 17.4. The number of halogens is 3. The third-order valence-electron chi connectivity index (χ3n) is 1.68. The number of pyridine rings is 1. The van der Waals surface area contributed by atoms with Gasteiger partial charge in [0.25, 0.3) is 0 Å². The summed E-state index contributed by atoms with van der Waals surface area (Å²) in [6.45, 7) is -0.698. The molecule has 3 N–H and O–H groups in total. The minimum absolute atomic E-state index is 0.191. The van der Waals surface area contributed by atoms with Gasteiger partial charge in [-0.15, -0.1) is 13.2 Å². The molecule has 0 aliphatic heterocycles. The first-order valence-corrected chi connectivity index (χ1v) is 3.93. The van der Waals surface area contributed by atoms with Crippen molar-refractivity contribution in [2.45, 2.75) is 13.0 Å². The van der Waals surface area contributed by atoms with Gasteiger partial charge < -0.3 is 15.6 Å². The molecule has 0 fully saturated rings. The maximum absolute atomic E-state index is 11.9. The van der Waals surface area contributed by atoms with Crippen LogP contribution in [0.2, 0.25) is 0 Å². The Morgan fingerprint density at radius 2 is 2.19 bits per heavy atom. The molecule has 0 saturated heterocycles. The highest BCUT2D eigenvalue weighted by atomic mass is 19.4. The fourth-order valence-electron chi connectivity index (χ4n) is 1.01. The Morgan fingerprint density at radius 3 is 2.62 bits per heavy atom. The molecule has 0 atom stereocenters. The smallest absolute Gasteiger partial charge is 0.402 e. The van der Waals surface area contributed by atoms with Crippen LogP contribution in [0.15, 0.2) is 6.20 Å². The molecule has 1 heterocycles. The number of nitrogens with zero attached hydrogens (tertiary/aromatic N) is 2. The van der Waals surface area contributed by atoms with Crippen molar-refractivity contribution in [2.75, 3.05) is 5.73 Å². The largest absolute Gasteiger partial charge is 0.573 e. The van der Waals surface area contributed by atoms with Gasteiger partial charge in [0.05, 0.1) is 18.5 Å². The lowest BCUT2D eigenvalue weighted by atomic mass is 10.1. The zero-order chi connectivity index (χ0) is 12.3. The molecule has 0 aromatic carbocycles. The number of aromatic nitrogens is 1. The van der Waals surface area contributed by atoms with Gasteiger partial charge in [-0.05, 0) is 0 Å². The number of nitriles is 1. The van der Waals surface area contributed by atoms with E-state index in [2.05, 4.69) is 9.72 Å². The van der Waals surface area contributed by atoms with Crippen LogP contribution in [0.3, 0.4) is 0 Å². The number of nitrogens with two attached hydrogens (primary N) is 1. The number of hydrogen-bond donors (Lipinski definition) is 2. The van der Waals surface area contributed by atoms with Gasteiger partial charge in [0.1, 0.15) is 11.8 Å². The topological polar surface area (TPSA) is 92.2 Å². The van der Waals surface area contributed by atoms with Crippen molar-refractivity contribution in [3.05, 3.63) is 17.5 Å². The van der Waals surface area contributed by atoms with Crippen LogP contribution in [0.1, 0.15) is 11.3 Å². The van der Waals surface area contributed by atoms with Gasteiger partial charge in [0.15, 0.2) is 5.75 Å². The lowest BCUT2D eigenvalue weighted by molar-refractivity contribution is -0.274. The first-order valence-electron chi connectivity index (χ1n) is 3.93. The minimum Gasteiger partial charge on any atom is -0.402 e. The van der Waals surface area contributed by atoms with E-state index in [-0.39, 0.29) is 11.3 Å². The van der Waals surface area contributed by atoms with Crippen LogP contribution >= 0.6 is 0 Å². The van der Waals surface area contributed by atoms with Gasteiger partial charge in [-0.3, -0.25) is 0 Å². The normalized spacial score (nSPS) is 10.9. The number of anilines is 1. The Hall–Kier alpha value is -2.01. The number of aliphatic hydroxyl groups excluding tert-OH is 1. The Kier molecular flexibility index (Phi) is 3.20. The summed E-state index contributed by atoms with van der Waals surface area (Å²) in [6, 6.07) is 1.59. The number of nitrogen functional groups attached to an aromatic ring is 1.